The molecule has 3 unspecified atom stereocenters. The Balaban J connectivity index is 2.13. The Kier molecular flexibility index (Phi) is 7.04. The van der Waals surface area contributed by atoms with Gasteiger partial charge in [-0.3, -0.25) is 4.90 Å². The maximum atomic E-state index is 6.11. The Morgan fingerprint density at radius 3 is 2.53 bits per heavy atom. The van der Waals surface area contributed by atoms with Gasteiger partial charge < -0.3 is 15.8 Å². The summed E-state index contributed by atoms with van der Waals surface area (Å²) >= 11 is 0. The molecule has 0 saturated carbocycles. The predicted molar refractivity (Wildman–Crippen MR) is 72.2 cm³/mol. The second kappa shape index (κ2) is 8.03. The molecule has 1 rings (SSSR count). The highest BCUT2D eigenvalue weighted by Gasteiger charge is 2.15. The summed E-state index contributed by atoms with van der Waals surface area (Å²) in [6.07, 6.45) is 1.15. The van der Waals surface area contributed by atoms with Crippen LogP contribution in [0.1, 0.15) is 27.2 Å². The highest BCUT2D eigenvalue weighted by atomic mass is 16.5. The molecule has 0 radical (unpaired) electrons. The topological polar surface area (TPSA) is 50.5 Å². The van der Waals surface area contributed by atoms with E-state index in [0.717, 1.165) is 45.8 Å². The third kappa shape index (κ3) is 5.82. The van der Waals surface area contributed by atoms with Gasteiger partial charge in [0.2, 0.25) is 0 Å². The smallest absolute Gasteiger partial charge is 0.0594 e. The largest absolute Gasteiger partial charge is 0.379 e. The second-order valence-corrected chi connectivity index (χ2v) is 5.27. The van der Waals surface area contributed by atoms with Gasteiger partial charge in [-0.2, -0.15) is 0 Å². The normalized spacial score (nSPS) is 23.3. The van der Waals surface area contributed by atoms with E-state index in [2.05, 4.69) is 31.0 Å². The molecular weight excluding hydrogens is 214 g/mol. The Labute approximate surface area is 106 Å². The van der Waals surface area contributed by atoms with Crippen molar-refractivity contribution in [3.63, 3.8) is 0 Å². The van der Waals surface area contributed by atoms with E-state index in [4.69, 9.17) is 10.5 Å². The summed E-state index contributed by atoms with van der Waals surface area (Å²) in [7, 11) is 0. The van der Waals surface area contributed by atoms with Crippen molar-refractivity contribution in [3.8, 4) is 0 Å². The lowest BCUT2D eigenvalue weighted by atomic mass is 10.00. The summed E-state index contributed by atoms with van der Waals surface area (Å²) in [5.74, 6) is 0.595. The molecule has 1 aliphatic rings. The molecule has 0 aromatic carbocycles. The van der Waals surface area contributed by atoms with Gasteiger partial charge in [-0.1, -0.05) is 20.3 Å². The van der Waals surface area contributed by atoms with Gasteiger partial charge in [-0.05, 0) is 12.8 Å². The summed E-state index contributed by atoms with van der Waals surface area (Å²) in [5.41, 5.74) is 6.11. The van der Waals surface area contributed by atoms with Gasteiger partial charge >= 0.3 is 0 Å². The molecule has 0 spiro atoms. The molecule has 1 saturated heterocycles. The number of morpholine rings is 1. The lowest BCUT2D eigenvalue weighted by Gasteiger charge is -2.30. The van der Waals surface area contributed by atoms with Crippen molar-refractivity contribution in [2.75, 3.05) is 39.4 Å². The van der Waals surface area contributed by atoms with Gasteiger partial charge in [0.1, 0.15) is 0 Å². The van der Waals surface area contributed by atoms with Crippen LogP contribution in [0, 0.1) is 5.92 Å². The number of hydrogen-bond acceptors (Lipinski definition) is 4. The first-order valence-corrected chi connectivity index (χ1v) is 6.92. The molecule has 0 aromatic heterocycles. The molecule has 4 nitrogen and oxygen atoms in total. The molecule has 4 heteroatoms. The number of nitrogens with one attached hydrogen (secondary N) is 1. The Morgan fingerprint density at radius 1 is 1.29 bits per heavy atom. The molecule has 1 fully saturated rings. The number of nitrogens with zero attached hydrogens (tertiary/aromatic N) is 1. The third-order valence-electron chi connectivity index (χ3n) is 3.71. The van der Waals surface area contributed by atoms with Crippen LogP contribution in [0.4, 0.5) is 0 Å². The maximum Gasteiger partial charge on any atom is 0.0594 e. The molecule has 1 aliphatic heterocycles. The zero-order valence-corrected chi connectivity index (χ0v) is 11.6. The summed E-state index contributed by atoms with van der Waals surface area (Å²) in [5, 5.41) is 3.54. The van der Waals surface area contributed by atoms with E-state index < -0.39 is 0 Å². The van der Waals surface area contributed by atoms with Crippen molar-refractivity contribution < 1.29 is 4.74 Å². The number of rotatable bonds is 7. The summed E-state index contributed by atoms with van der Waals surface area (Å²) in [4.78, 5) is 2.45. The first kappa shape index (κ1) is 14.9. The van der Waals surface area contributed by atoms with Crippen LogP contribution in [0.2, 0.25) is 0 Å². The molecule has 0 bridgehead atoms. The maximum absolute atomic E-state index is 6.11. The van der Waals surface area contributed by atoms with Crippen LogP contribution in [0.5, 0.6) is 0 Å². The lowest BCUT2D eigenvalue weighted by molar-refractivity contribution is 0.0343. The Bertz CT molecular complexity index is 195. The zero-order chi connectivity index (χ0) is 12.7. The van der Waals surface area contributed by atoms with E-state index in [1.165, 1.54) is 0 Å². The van der Waals surface area contributed by atoms with E-state index in [1.54, 1.807) is 0 Å². The molecule has 3 N–H and O–H groups in total. The standard InChI is InChI=1S/C13H29N3O/c1-4-11(2)13(14)9-15-12(3)10-16-5-7-17-8-6-16/h11-13,15H,4-10,14H2,1-3H3. The predicted octanol–water partition coefficient (Wildman–Crippen LogP) is 0.670. The van der Waals surface area contributed by atoms with Gasteiger partial charge in [0, 0.05) is 38.3 Å². The first-order chi connectivity index (χ1) is 8.13. The van der Waals surface area contributed by atoms with Crippen LogP contribution in [0.25, 0.3) is 0 Å². The van der Waals surface area contributed by atoms with E-state index in [-0.39, 0.29) is 6.04 Å². The minimum atomic E-state index is 0.270. The average Bonchev–Trinajstić information content (AvgIpc) is 2.36. The van der Waals surface area contributed by atoms with Gasteiger partial charge in [-0.15, -0.1) is 0 Å². The molecule has 0 amide bonds. The quantitative estimate of drug-likeness (QED) is 0.690. The van der Waals surface area contributed by atoms with Gasteiger partial charge in [0.15, 0.2) is 0 Å². The monoisotopic (exact) mass is 243 g/mol. The van der Waals surface area contributed by atoms with Crippen LogP contribution in [-0.4, -0.2) is 56.4 Å². The van der Waals surface area contributed by atoms with Crippen LogP contribution in [-0.2, 0) is 4.74 Å². The molecule has 102 valence electrons. The van der Waals surface area contributed by atoms with Crippen molar-refractivity contribution >= 4 is 0 Å². The summed E-state index contributed by atoms with van der Waals surface area (Å²) in [6.45, 7) is 12.5. The van der Waals surface area contributed by atoms with E-state index in [1.807, 2.05) is 0 Å². The van der Waals surface area contributed by atoms with Crippen molar-refractivity contribution in [2.45, 2.75) is 39.3 Å². The first-order valence-electron chi connectivity index (χ1n) is 6.92. The number of ether oxygens (including phenoxy) is 1. The van der Waals surface area contributed by atoms with Crippen LogP contribution >= 0.6 is 0 Å². The fourth-order valence-corrected chi connectivity index (χ4v) is 2.08. The number of nitrogens with two attached hydrogens (primary N) is 1. The number of hydrogen-bond donors (Lipinski definition) is 2. The molecular formula is C13H29N3O. The Morgan fingerprint density at radius 2 is 1.94 bits per heavy atom. The van der Waals surface area contributed by atoms with Crippen molar-refractivity contribution in [1.29, 1.82) is 0 Å². The second-order valence-electron chi connectivity index (χ2n) is 5.27. The average molecular weight is 243 g/mol. The molecule has 17 heavy (non-hydrogen) atoms. The van der Waals surface area contributed by atoms with Crippen molar-refractivity contribution in [1.82, 2.24) is 10.2 Å². The zero-order valence-electron chi connectivity index (χ0n) is 11.6. The molecule has 0 aromatic rings. The van der Waals surface area contributed by atoms with E-state index in [9.17, 15) is 0 Å². The fraction of sp³-hybridized carbons (Fsp3) is 1.00. The highest BCUT2D eigenvalue weighted by Crippen LogP contribution is 2.04. The van der Waals surface area contributed by atoms with E-state index in [0.29, 0.717) is 12.0 Å². The summed E-state index contributed by atoms with van der Waals surface area (Å²) < 4.78 is 5.34. The van der Waals surface area contributed by atoms with E-state index >= 15 is 0 Å². The van der Waals surface area contributed by atoms with Crippen molar-refractivity contribution in [2.24, 2.45) is 11.7 Å². The minimum Gasteiger partial charge on any atom is -0.379 e. The minimum absolute atomic E-state index is 0.270. The van der Waals surface area contributed by atoms with Gasteiger partial charge in [0.25, 0.3) is 0 Å². The van der Waals surface area contributed by atoms with Gasteiger partial charge in [-0.25, -0.2) is 0 Å². The van der Waals surface area contributed by atoms with Crippen LogP contribution < -0.4 is 11.1 Å². The summed E-state index contributed by atoms with van der Waals surface area (Å²) in [6, 6.07) is 0.773. The molecule has 3 atom stereocenters. The third-order valence-corrected chi connectivity index (χ3v) is 3.71. The lowest BCUT2D eigenvalue weighted by Crippen LogP contribution is -2.48. The van der Waals surface area contributed by atoms with Crippen LogP contribution in [0.3, 0.4) is 0 Å². The molecule has 0 aliphatic carbocycles. The fourth-order valence-electron chi connectivity index (χ4n) is 2.08. The highest BCUT2D eigenvalue weighted by molar-refractivity contribution is 4.75. The van der Waals surface area contributed by atoms with Crippen LogP contribution in [0.15, 0.2) is 0 Å². The molecule has 1 heterocycles. The Hall–Kier alpha value is -0.160. The SMILES string of the molecule is CCC(C)C(N)CNC(C)CN1CCOCC1. The van der Waals surface area contributed by atoms with Gasteiger partial charge in [0.05, 0.1) is 13.2 Å². The van der Waals surface area contributed by atoms with Crippen molar-refractivity contribution in [3.05, 3.63) is 0 Å².